The molecule has 4 nitrogen and oxygen atoms in total. The minimum Gasteiger partial charge on any atom is -0.366 e. The number of carbonyl (C=O) groups excluding carboxylic acids is 2. The number of nitrogens with zero attached hydrogens (tertiary/aromatic N) is 1. The molecule has 3 rings (SSSR count). The molecule has 0 saturated carbocycles. The van der Waals surface area contributed by atoms with Crippen LogP contribution in [0.1, 0.15) is 46.4 Å². The molecule has 1 unspecified atom stereocenters. The van der Waals surface area contributed by atoms with Gasteiger partial charge in [0.25, 0.3) is 5.91 Å². The molecule has 1 aromatic carbocycles. The van der Waals surface area contributed by atoms with Crippen LogP contribution in [-0.4, -0.2) is 29.8 Å². The van der Waals surface area contributed by atoms with Crippen molar-refractivity contribution in [1.82, 2.24) is 4.90 Å². The lowest BCUT2D eigenvalue weighted by Gasteiger charge is -2.36. The maximum Gasteiger partial charge on any atom is 0.254 e. The molecule has 0 aromatic heterocycles. The number of benzene rings is 1. The highest BCUT2D eigenvalue weighted by atomic mass is 35.5. The van der Waals surface area contributed by atoms with E-state index in [1.165, 1.54) is 24.5 Å². The molecule has 2 N–H and O–H groups in total. The molecule has 1 fully saturated rings. The van der Waals surface area contributed by atoms with Crippen LogP contribution in [0, 0.1) is 5.92 Å². The van der Waals surface area contributed by atoms with Gasteiger partial charge in [-0.1, -0.05) is 23.3 Å². The summed E-state index contributed by atoms with van der Waals surface area (Å²) in [5.74, 6) is -0.147. The van der Waals surface area contributed by atoms with Gasteiger partial charge in [0.1, 0.15) is 0 Å². The maximum absolute atomic E-state index is 12.8. The first-order chi connectivity index (χ1) is 10.6. The van der Waals surface area contributed by atoms with Crippen molar-refractivity contribution in [2.75, 3.05) is 13.1 Å². The molecule has 116 valence electrons. The predicted octanol–water partition coefficient (Wildman–Crippen LogP) is 3.01. The topological polar surface area (TPSA) is 63.4 Å². The van der Waals surface area contributed by atoms with E-state index in [-0.39, 0.29) is 11.5 Å². The van der Waals surface area contributed by atoms with E-state index >= 15 is 0 Å². The smallest absolute Gasteiger partial charge is 0.254 e. The molecule has 5 heteroatoms. The quantitative estimate of drug-likeness (QED) is 0.852. The summed E-state index contributed by atoms with van der Waals surface area (Å²) in [6.45, 7) is 1.38. The number of hydrogen-bond acceptors (Lipinski definition) is 2. The zero-order chi connectivity index (χ0) is 15.7. The third kappa shape index (κ3) is 2.88. The molecule has 0 radical (unpaired) electrons. The van der Waals surface area contributed by atoms with Crippen molar-refractivity contribution in [3.05, 3.63) is 46.0 Å². The average molecular weight is 319 g/mol. The van der Waals surface area contributed by atoms with Crippen molar-refractivity contribution in [2.24, 2.45) is 11.7 Å². The van der Waals surface area contributed by atoms with Crippen LogP contribution >= 0.6 is 11.6 Å². The second kappa shape index (κ2) is 6.13. The number of carbonyl (C=O) groups is 2. The number of fused-ring (bicyclic) bond motifs is 1. The molecule has 1 saturated heterocycles. The molecule has 0 spiro atoms. The first-order valence-corrected chi connectivity index (χ1v) is 8.01. The lowest BCUT2D eigenvalue weighted by atomic mass is 9.82. The van der Waals surface area contributed by atoms with Crippen molar-refractivity contribution in [3.8, 4) is 0 Å². The number of likely N-dealkylation sites (tertiary alicyclic amines) is 1. The van der Waals surface area contributed by atoms with Gasteiger partial charge in [0, 0.05) is 18.1 Å². The summed E-state index contributed by atoms with van der Waals surface area (Å²) in [4.78, 5) is 26.1. The van der Waals surface area contributed by atoms with Gasteiger partial charge in [-0.15, -0.1) is 0 Å². The fourth-order valence-electron chi connectivity index (χ4n) is 3.39. The zero-order valence-corrected chi connectivity index (χ0v) is 13.1. The Morgan fingerprint density at radius 3 is 2.82 bits per heavy atom. The molecule has 2 amide bonds. The number of halogens is 1. The van der Waals surface area contributed by atoms with Crippen LogP contribution in [0.2, 0.25) is 5.02 Å². The highest BCUT2D eigenvalue weighted by Crippen LogP contribution is 2.32. The molecule has 1 aromatic rings. The Bertz CT molecular complexity index is 654. The Kier molecular flexibility index (Phi) is 4.21. The van der Waals surface area contributed by atoms with Crippen LogP contribution in [0.5, 0.6) is 0 Å². The van der Waals surface area contributed by atoms with Crippen LogP contribution < -0.4 is 5.73 Å². The number of rotatable bonds is 2. The predicted molar refractivity (Wildman–Crippen MR) is 85.9 cm³/mol. The van der Waals surface area contributed by atoms with Crippen molar-refractivity contribution < 1.29 is 9.59 Å². The molecular formula is C17H19ClN2O2. The van der Waals surface area contributed by atoms with Crippen LogP contribution in [-0.2, 0) is 0 Å². The minimum atomic E-state index is -0.627. The SMILES string of the molecule is NC(=O)c1cc(Cl)ccc1C(=O)N1CCC2CCCC=C2C1. The van der Waals surface area contributed by atoms with Gasteiger partial charge in [-0.05, 0) is 49.8 Å². The molecule has 1 aliphatic heterocycles. The van der Waals surface area contributed by atoms with E-state index in [1.54, 1.807) is 12.1 Å². The monoisotopic (exact) mass is 318 g/mol. The van der Waals surface area contributed by atoms with E-state index in [9.17, 15) is 9.59 Å². The first-order valence-electron chi connectivity index (χ1n) is 7.64. The van der Waals surface area contributed by atoms with Crippen molar-refractivity contribution in [2.45, 2.75) is 25.7 Å². The van der Waals surface area contributed by atoms with Gasteiger partial charge >= 0.3 is 0 Å². The van der Waals surface area contributed by atoms with Crippen LogP contribution in [0.3, 0.4) is 0 Å². The standard InChI is InChI=1S/C17H19ClN2O2/c18-13-5-6-14(15(9-13)16(19)21)17(22)20-8-7-11-3-1-2-4-12(11)10-20/h4-6,9,11H,1-3,7-8,10H2,(H2,19,21). The van der Waals surface area contributed by atoms with Gasteiger partial charge < -0.3 is 10.6 Å². The van der Waals surface area contributed by atoms with Gasteiger partial charge in [-0.2, -0.15) is 0 Å². The highest BCUT2D eigenvalue weighted by molar-refractivity contribution is 6.31. The molecule has 0 bridgehead atoms. The van der Waals surface area contributed by atoms with E-state index in [0.29, 0.717) is 23.0 Å². The van der Waals surface area contributed by atoms with Crippen LogP contribution in [0.4, 0.5) is 0 Å². The molecule has 1 heterocycles. The normalized spacial score (nSPS) is 21.0. The summed E-state index contributed by atoms with van der Waals surface area (Å²) in [5.41, 5.74) is 7.27. The van der Waals surface area contributed by atoms with Gasteiger partial charge in [0.15, 0.2) is 0 Å². The second-order valence-electron chi connectivity index (χ2n) is 5.98. The molecule has 2 aliphatic rings. The lowest BCUT2D eigenvalue weighted by molar-refractivity contribution is 0.0726. The van der Waals surface area contributed by atoms with Crippen molar-refractivity contribution in [3.63, 3.8) is 0 Å². The average Bonchev–Trinajstić information content (AvgIpc) is 2.53. The molecule has 1 atom stereocenters. The Hall–Kier alpha value is -1.81. The third-order valence-corrected chi connectivity index (χ3v) is 4.81. The Morgan fingerprint density at radius 2 is 2.05 bits per heavy atom. The van der Waals surface area contributed by atoms with Crippen LogP contribution in [0.25, 0.3) is 0 Å². The maximum atomic E-state index is 12.8. The van der Waals surface area contributed by atoms with Gasteiger partial charge in [-0.25, -0.2) is 0 Å². The molecular weight excluding hydrogens is 300 g/mol. The van der Waals surface area contributed by atoms with E-state index in [1.807, 2.05) is 4.90 Å². The van der Waals surface area contributed by atoms with Crippen LogP contribution in [0.15, 0.2) is 29.8 Å². The second-order valence-corrected chi connectivity index (χ2v) is 6.41. The summed E-state index contributed by atoms with van der Waals surface area (Å²) in [6, 6.07) is 4.67. The van der Waals surface area contributed by atoms with Gasteiger partial charge in [-0.3, -0.25) is 9.59 Å². The summed E-state index contributed by atoms with van der Waals surface area (Å²) in [5, 5.41) is 0.402. The molecule has 1 aliphatic carbocycles. The summed E-state index contributed by atoms with van der Waals surface area (Å²) in [7, 11) is 0. The van der Waals surface area contributed by atoms with Gasteiger partial charge in [0.05, 0.1) is 11.1 Å². The number of nitrogens with two attached hydrogens (primary N) is 1. The number of hydrogen-bond donors (Lipinski definition) is 1. The van der Waals surface area contributed by atoms with E-state index in [0.717, 1.165) is 19.4 Å². The van der Waals surface area contributed by atoms with E-state index in [2.05, 4.69) is 6.08 Å². The highest BCUT2D eigenvalue weighted by Gasteiger charge is 2.29. The zero-order valence-electron chi connectivity index (χ0n) is 12.3. The summed E-state index contributed by atoms with van der Waals surface area (Å²) < 4.78 is 0. The van der Waals surface area contributed by atoms with Gasteiger partial charge in [0.2, 0.25) is 5.91 Å². The summed E-state index contributed by atoms with van der Waals surface area (Å²) in [6.07, 6.45) is 6.83. The van der Waals surface area contributed by atoms with E-state index in [4.69, 9.17) is 17.3 Å². The van der Waals surface area contributed by atoms with Crippen molar-refractivity contribution >= 4 is 23.4 Å². The Labute approximate surface area is 134 Å². The largest absolute Gasteiger partial charge is 0.366 e. The molecule has 22 heavy (non-hydrogen) atoms. The number of piperidine rings is 1. The lowest BCUT2D eigenvalue weighted by Crippen LogP contribution is -2.41. The van der Waals surface area contributed by atoms with Crippen molar-refractivity contribution in [1.29, 1.82) is 0 Å². The third-order valence-electron chi connectivity index (χ3n) is 4.57. The Balaban J connectivity index is 1.85. The number of allylic oxidation sites excluding steroid dienone is 1. The Morgan fingerprint density at radius 1 is 1.23 bits per heavy atom. The fraction of sp³-hybridized carbons (Fsp3) is 0.412. The van der Waals surface area contributed by atoms with E-state index < -0.39 is 5.91 Å². The summed E-state index contributed by atoms with van der Waals surface area (Å²) >= 11 is 5.90. The number of amides is 2. The number of primary amides is 1. The first kappa shape index (κ1) is 15.1. The fourth-order valence-corrected chi connectivity index (χ4v) is 3.56. The minimum absolute atomic E-state index is 0.143.